The Balaban J connectivity index is 1.69. The molecule has 6 heteroatoms. The van der Waals surface area contributed by atoms with Crippen molar-refractivity contribution in [3.05, 3.63) is 35.9 Å². The fourth-order valence-corrected chi connectivity index (χ4v) is 3.67. The minimum absolute atomic E-state index is 0.0680. The molecule has 0 aliphatic carbocycles. The van der Waals surface area contributed by atoms with Crippen LogP contribution in [-0.4, -0.2) is 49.4 Å². The second-order valence-electron chi connectivity index (χ2n) is 6.75. The van der Waals surface area contributed by atoms with Gasteiger partial charge >= 0.3 is 12.1 Å². The second-order valence-corrected chi connectivity index (χ2v) is 6.75. The first-order valence-corrected chi connectivity index (χ1v) is 8.85. The summed E-state index contributed by atoms with van der Waals surface area (Å²) < 4.78 is 16.1. The Kier molecular flexibility index (Phi) is 5.58. The van der Waals surface area contributed by atoms with Gasteiger partial charge in [0.1, 0.15) is 12.6 Å². The van der Waals surface area contributed by atoms with Gasteiger partial charge < -0.3 is 14.2 Å². The van der Waals surface area contributed by atoms with Crippen LogP contribution < -0.4 is 0 Å². The molecule has 1 aromatic rings. The third kappa shape index (κ3) is 4.12. The van der Waals surface area contributed by atoms with Crippen molar-refractivity contribution < 1.29 is 23.8 Å². The molecule has 1 atom stereocenters. The summed E-state index contributed by atoms with van der Waals surface area (Å²) in [4.78, 5) is 26.5. The standard InChI is InChI=1S/C19H25NO5/c1-2-24-17(21)16-12-19(8-10-23-11-9-19)14-20(16)18(22)25-13-15-6-4-3-5-7-15/h3-7,16H,2,8-14H2,1H3. The number of rotatable bonds is 4. The van der Waals surface area contributed by atoms with Gasteiger partial charge in [-0.2, -0.15) is 0 Å². The lowest BCUT2D eigenvalue weighted by Gasteiger charge is -2.32. The fraction of sp³-hybridized carbons (Fsp3) is 0.579. The Labute approximate surface area is 148 Å². The monoisotopic (exact) mass is 347 g/mol. The zero-order chi connectivity index (χ0) is 17.7. The maximum atomic E-state index is 12.6. The summed E-state index contributed by atoms with van der Waals surface area (Å²) in [6.45, 7) is 4.13. The molecule has 2 aliphatic heterocycles. The molecule has 0 saturated carbocycles. The number of hydrogen-bond acceptors (Lipinski definition) is 5. The number of amides is 1. The first kappa shape index (κ1) is 17.7. The lowest BCUT2D eigenvalue weighted by atomic mass is 9.78. The van der Waals surface area contributed by atoms with Crippen molar-refractivity contribution in [1.29, 1.82) is 0 Å². The van der Waals surface area contributed by atoms with Crippen LogP contribution in [0.1, 0.15) is 31.7 Å². The Hall–Kier alpha value is -2.08. The Morgan fingerprint density at radius 2 is 1.92 bits per heavy atom. The molecule has 2 fully saturated rings. The largest absolute Gasteiger partial charge is 0.464 e. The van der Waals surface area contributed by atoms with E-state index in [1.165, 1.54) is 0 Å². The van der Waals surface area contributed by atoms with E-state index in [0.29, 0.717) is 32.8 Å². The molecule has 1 aromatic carbocycles. The van der Waals surface area contributed by atoms with Gasteiger partial charge in [-0.3, -0.25) is 4.90 Å². The molecule has 1 unspecified atom stereocenters. The van der Waals surface area contributed by atoms with Crippen LogP contribution in [0.3, 0.4) is 0 Å². The van der Waals surface area contributed by atoms with Gasteiger partial charge in [-0.25, -0.2) is 9.59 Å². The summed E-state index contributed by atoms with van der Waals surface area (Å²) in [5, 5.41) is 0. The third-order valence-corrected chi connectivity index (χ3v) is 5.06. The van der Waals surface area contributed by atoms with Crippen LogP contribution in [0.4, 0.5) is 4.79 Å². The van der Waals surface area contributed by atoms with Crippen molar-refractivity contribution in [2.75, 3.05) is 26.4 Å². The van der Waals surface area contributed by atoms with Gasteiger partial charge in [0.05, 0.1) is 6.61 Å². The van der Waals surface area contributed by atoms with E-state index in [4.69, 9.17) is 14.2 Å². The van der Waals surface area contributed by atoms with Crippen LogP contribution in [0.2, 0.25) is 0 Å². The van der Waals surface area contributed by atoms with E-state index in [2.05, 4.69) is 0 Å². The number of esters is 1. The van der Waals surface area contributed by atoms with Crippen molar-refractivity contribution in [3.63, 3.8) is 0 Å². The summed E-state index contributed by atoms with van der Waals surface area (Å²) in [6.07, 6.45) is 1.87. The highest BCUT2D eigenvalue weighted by molar-refractivity contribution is 5.82. The molecule has 3 rings (SSSR count). The van der Waals surface area contributed by atoms with Crippen molar-refractivity contribution in [1.82, 2.24) is 4.90 Å². The number of benzene rings is 1. The number of nitrogens with zero attached hydrogens (tertiary/aromatic N) is 1. The first-order valence-electron chi connectivity index (χ1n) is 8.85. The quantitative estimate of drug-likeness (QED) is 0.784. The number of carbonyl (C=O) groups is 2. The van der Waals surface area contributed by atoms with Crippen LogP contribution in [0.15, 0.2) is 30.3 Å². The van der Waals surface area contributed by atoms with Gasteiger partial charge in [0.2, 0.25) is 0 Å². The van der Waals surface area contributed by atoms with E-state index >= 15 is 0 Å². The lowest BCUT2D eigenvalue weighted by Crippen LogP contribution is -2.42. The fourth-order valence-electron chi connectivity index (χ4n) is 3.67. The summed E-state index contributed by atoms with van der Waals surface area (Å²) in [5.41, 5.74) is 0.852. The summed E-state index contributed by atoms with van der Waals surface area (Å²) >= 11 is 0. The topological polar surface area (TPSA) is 65.1 Å². The molecule has 136 valence electrons. The van der Waals surface area contributed by atoms with Gasteiger partial charge in [0.15, 0.2) is 0 Å². The highest BCUT2D eigenvalue weighted by Crippen LogP contribution is 2.43. The molecule has 25 heavy (non-hydrogen) atoms. The van der Waals surface area contributed by atoms with Crippen molar-refractivity contribution >= 4 is 12.1 Å². The summed E-state index contributed by atoms with van der Waals surface area (Å²) in [5.74, 6) is -0.345. The summed E-state index contributed by atoms with van der Waals surface area (Å²) in [6, 6.07) is 8.95. The molecule has 2 heterocycles. The van der Waals surface area contributed by atoms with Gasteiger partial charge in [0, 0.05) is 19.8 Å². The molecule has 1 amide bonds. The maximum absolute atomic E-state index is 12.6. The smallest absolute Gasteiger partial charge is 0.410 e. The maximum Gasteiger partial charge on any atom is 0.410 e. The molecule has 6 nitrogen and oxygen atoms in total. The minimum Gasteiger partial charge on any atom is -0.464 e. The Bertz CT molecular complexity index is 597. The van der Waals surface area contributed by atoms with E-state index in [1.807, 2.05) is 30.3 Å². The lowest BCUT2D eigenvalue weighted by molar-refractivity contribution is -0.148. The number of hydrogen-bond donors (Lipinski definition) is 0. The second kappa shape index (κ2) is 7.87. The number of carbonyl (C=O) groups excluding carboxylic acids is 2. The molecule has 0 radical (unpaired) electrons. The van der Waals surface area contributed by atoms with E-state index in [-0.39, 0.29) is 18.0 Å². The van der Waals surface area contributed by atoms with E-state index in [0.717, 1.165) is 18.4 Å². The average molecular weight is 347 g/mol. The molecule has 0 bridgehead atoms. The van der Waals surface area contributed by atoms with Crippen LogP contribution in [0, 0.1) is 5.41 Å². The van der Waals surface area contributed by atoms with E-state index in [1.54, 1.807) is 11.8 Å². The predicted octanol–water partition coefficient (Wildman–Crippen LogP) is 2.76. The Morgan fingerprint density at radius 1 is 1.20 bits per heavy atom. The van der Waals surface area contributed by atoms with Gasteiger partial charge in [0.25, 0.3) is 0 Å². The molecular formula is C19H25NO5. The van der Waals surface area contributed by atoms with Gasteiger partial charge in [-0.15, -0.1) is 0 Å². The zero-order valence-corrected chi connectivity index (χ0v) is 14.6. The first-order chi connectivity index (χ1) is 12.1. The molecule has 1 spiro atoms. The van der Waals surface area contributed by atoms with Gasteiger partial charge in [-0.05, 0) is 37.2 Å². The van der Waals surface area contributed by atoms with Crippen molar-refractivity contribution in [2.45, 2.75) is 38.8 Å². The highest BCUT2D eigenvalue weighted by atomic mass is 16.6. The van der Waals surface area contributed by atoms with E-state index in [9.17, 15) is 9.59 Å². The number of ether oxygens (including phenoxy) is 3. The highest BCUT2D eigenvalue weighted by Gasteiger charge is 2.50. The van der Waals surface area contributed by atoms with Crippen LogP contribution in [0.5, 0.6) is 0 Å². The van der Waals surface area contributed by atoms with Crippen LogP contribution >= 0.6 is 0 Å². The summed E-state index contributed by atoms with van der Waals surface area (Å²) in [7, 11) is 0. The minimum atomic E-state index is -0.568. The molecule has 2 saturated heterocycles. The number of likely N-dealkylation sites (tertiary alicyclic amines) is 1. The Morgan fingerprint density at radius 3 is 2.60 bits per heavy atom. The molecule has 0 N–H and O–H groups in total. The van der Waals surface area contributed by atoms with Gasteiger partial charge in [-0.1, -0.05) is 30.3 Å². The van der Waals surface area contributed by atoms with Crippen LogP contribution in [-0.2, 0) is 25.6 Å². The van der Waals surface area contributed by atoms with Crippen molar-refractivity contribution in [2.24, 2.45) is 5.41 Å². The zero-order valence-electron chi connectivity index (χ0n) is 14.6. The normalized spacial score (nSPS) is 22.0. The predicted molar refractivity (Wildman–Crippen MR) is 90.9 cm³/mol. The molecule has 2 aliphatic rings. The third-order valence-electron chi connectivity index (χ3n) is 5.06. The van der Waals surface area contributed by atoms with Crippen LogP contribution in [0.25, 0.3) is 0 Å². The van der Waals surface area contributed by atoms with E-state index < -0.39 is 12.1 Å². The average Bonchev–Trinajstić information content (AvgIpc) is 3.00. The SMILES string of the molecule is CCOC(=O)C1CC2(CCOCC2)CN1C(=O)OCc1ccccc1. The van der Waals surface area contributed by atoms with Crippen molar-refractivity contribution in [3.8, 4) is 0 Å². The molecular weight excluding hydrogens is 322 g/mol. The molecule has 0 aromatic heterocycles.